The topological polar surface area (TPSA) is 66.2 Å². The molecule has 0 amide bonds. The first kappa shape index (κ1) is 17.0. The van der Waals surface area contributed by atoms with Crippen molar-refractivity contribution in [2.75, 3.05) is 37.8 Å². The van der Waals surface area contributed by atoms with Gasteiger partial charge < -0.3 is 20.0 Å². The monoisotopic (exact) mass is 337 g/mol. The van der Waals surface area contributed by atoms with Gasteiger partial charge in [0.15, 0.2) is 0 Å². The van der Waals surface area contributed by atoms with Gasteiger partial charge >= 0.3 is 0 Å². The molecular weight excluding hydrogens is 314 g/mol. The van der Waals surface area contributed by atoms with Crippen molar-refractivity contribution >= 4 is 11.8 Å². The van der Waals surface area contributed by atoms with Gasteiger partial charge in [0.2, 0.25) is 5.95 Å². The largest absolute Gasteiger partial charge is 0.467 e. The first-order chi connectivity index (χ1) is 12.2. The summed E-state index contributed by atoms with van der Waals surface area (Å²) in [6.45, 7) is 2.27. The normalized spacial score (nSPS) is 10.8. The SMILES string of the molecule is CN(C)CCNc1nc(NCc2ccco2)cc(-c2ccccc2)n1. The Balaban J connectivity index is 1.79. The molecule has 0 spiro atoms. The fraction of sp³-hybridized carbons (Fsp3) is 0.263. The van der Waals surface area contributed by atoms with Crippen molar-refractivity contribution < 1.29 is 4.42 Å². The summed E-state index contributed by atoms with van der Waals surface area (Å²) >= 11 is 0. The Morgan fingerprint density at radius 2 is 1.84 bits per heavy atom. The Morgan fingerprint density at radius 3 is 2.56 bits per heavy atom. The van der Waals surface area contributed by atoms with Gasteiger partial charge in [0.25, 0.3) is 0 Å². The molecular formula is C19H23N5O. The molecule has 2 aromatic heterocycles. The van der Waals surface area contributed by atoms with E-state index in [1.165, 1.54) is 0 Å². The second-order valence-corrected chi connectivity index (χ2v) is 5.99. The lowest BCUT2D eigenvalue weighted by Crippen LogP contribution is -2.21. The molecule has 130 valence electrons. The zero-order valence-corrected chi connectivity index (χ0v) is 14.6. The maximum atomic E-state index is 5.36. The van der Waals surface area contributed by atoms with Crippen molar-refractivity contribution in [3.8, 4) is 11.3 Å². The summed E-state index contributed by atoms with van der Waals surface area (Å²) in [4.78, 5) is 11.3. The standard InChI is InChI=1S/C19H23N5O/c1-24(2)11-10-20-19-22-17(15-7-4-3-5-8-15)13-18(23-19)21-14-16-9-6-12-25-16/h3-9,12-13H,10-11,14H2,1-2H3,(H2,20,21,22,23). The number of anilines is 2. The van der Waals surface area contributed by atoms with E-state index in [-0.39, 0.29) is 0 Å². The van der Waals surface area contributed by atoms with Crippen LogP contribution in [-0.2, 0) is 6.54 Å². The van der Waals surface area contributed by atoms with Crippen LogP contribution >= 0.6 is 0 Å². The minimum atomic E-state index is 0.579. The fourth-order valence-electron chi connectivity index (χ4n) is 2.36. The Bertz CT molecular complexity index is 772. The van der Waals surface area contributed by atoms with Crippen LogP contribution in [0.1, 0.15) is 5.76 Å². The average Bonchev–Trinajstić information content (AvgIpc) is 3.14. The van der Waals surface area contributed by atoms with E-state index in [1.807, 2.05) is 62.6 Å². The van der Waals surface area contributed by atoms with Crippen LogP contribution in [0, 0.1) is 0 Å². The maximum Gasteiger partial charge on any atom is 0.225 e. The smallest absolute Gasteiger partial charge is 0.225 e. The summed E-state index contributed by atoms with van der Waals surface area (Å²) in [7, 11) is 4.08. The third kappa shape index (κ3) is 5.06. The first-order valence-electron chi connectivity index (χ1n) is 8.30. The summed E-state index contributed by atoms with van der Waals surface area (Å²) in [5.41, 5.74) is 1.94. The van der Waals surface area contributed by atoms with Crippen molar-refractivity contribution in [3.05, 3.63) is 60.6 Å². The molecule has 25 heavy (non-hydrogen) atoms. The molecule has 0 saturated heterocycles. The van der Waals surface area contributed by atoms with Crippen LogP contribution in [0.3, 0.4) is 0 Å². The molecule has 6 nitrogen and oxygen atoms in total. The molecule has 2 heterocycles. The molecule has 2 N–H and O–H groups in total. The number of nitrogens with one attached hydrogen (secondary N) is 2. The lowest BCUT2D eigenvalue weighted by atomic mass is 10.1. The van der Waals surface area contributed by atoms with E-state index < -0.39 is 0 Å². The van der Waals surface area contributed by atoms with Gasteiger partial charge in [0.05, 0.1) is 18.5 Å². The molecule has 1 aromatic carbocycles. The van der Waals surface area contributed by atoms with Crippen LogP contribution in [-0.4, -0.2) is 42.1 Å². The number of nitrogens with zero attached hydrogens (tertiary/aromatic N) is 3. The molecule has 0 unspecified atom stereocenters. The van der Waals surface area contributed by atoms with E-state index in [0.29, 0.717) is 12.5 Å². The van der Waals surface area contributed by atoms with Crippen molar-refractivity contribution in [2.45, 2.75) is 6.54 Å². The summed E-state index contributed by atoms with van der Waals surface area (Å²) < 4.78 is 5.36. The predicted octanol–water partition coefficient (Wildman–Crippen LogP) is 3.32. The Hall–Kier alpha value is -2.86. The van der Waals surface area contributed by atoms with E-state index >= 15 is 0 Å². The molecule has 0 fully saturated rings. The second kappa shape index (κ2) is 8.30. The van der Waals surface area contributed by atoms with Gasteiger partial charge in [-0.2, -0.15) is 4.98 Å². The van der Waals surface area contributed by atoms with Gasteiger partial charge in [-0.25, -0.2) is 4.98 Å². The van der Waals surface area contributed by atoms with Crippen molar-refractivity contribution in [1.82, 2.24) is 14.9 Å². The van der Waals surface area contributed by atoms with Gasteiger partial charge in [-0.05, 0) is 26.2 Å². The van der Waals surface area contributed by atoms with E-state index in [1.54, 1.807) is 6.26 Å². The molecule has 0 aliphatic heterocycles. The van der Waals surface area contributed by atoms with Crippen LogP contribution < -0.4 is 10.6 Å². The van der Waals surface area contributed by atoms with Crippen LogP contribution in [0.2, 0.25) is 0 Å². The van der Waals surface area contributed by atoms with Crippen molar-refractivity contribution in [2.24, 2.45) is 0 Å². The minimum absolute atomic E-state index is 0.579. The number of likely N-dealkylation sites (N-methyl/N-ethyl adjacent to an activating group) is 1. The van der Waals surface area contributed by atoms with Crippen LogP contribution in [0.25, 0.3) is 11.3 Å². The summed E-state index contributed by atoms with van der Waals surface area (Å²) in [6.07, 6.45) is 1.67. The molecule has 0 aliphatic carbocycles. The van der Waals surface area contributed by atoms with Gasteiger partial charge in [0, 0.05) is 24.7 Å². The van der Waals surface area contributed by atoms with Crippen molar-refractivity contribution in [3.63, 3.8) is 0 Å². The summed E-state index contributed by atoms with van der Waals surface area (Å²) in [5.74, 6) is 2.24. The lowest BCUT2D eigenvalue weighted by Gasteiger charge is -2.13. The van der Waals surface area contributed by atoms with Gasteiger partial charge in [-0.15, -0.1) is 0 Å². The summed E-state index contributed by atoms with van der Waals surface area (Å²) in [6, 6.07) is 15.9. The molecule has 3 aromatic rings. The molecule has 0 aliphatic rings. The highest BCUT2D eigenvalue weighted by molar-refractivity contribution is 5.64. The number of benzene rings is 1. The lowest BCUT2D eigenvalue weighted by molar-refractivity contribution is 0.425. The Morgan fingerprint density at radius 1 is 1.00 bits per heavy atom. The van der Waals surface area contributed by atoms with E-state index in [0.717, 1.165) is 35.9 Å². The van der Waals surface area contributed by atoms with Gasteiger partial charge in [-0.1, -0.05) is 30.3 Å². The number of rotatable bonds is 8. The first-order valence-corrected chi connectivity index (χ1v) is 8.30. The third-order valence-electron chi connectivity index (χ3n) is 3.66. The molecule has 6 heteroatoms. The maximum absolute atomic E-state index is 5.36. The van der Waals surface area contributed by atoms with Gasteiger partial charge in [0.1, 0.15) is 11.6 Å². The zero-order valence-electron chi connectivity index (χ0n) is 14.6. The molecule has 0 saturated carbocycles. The predicted molar refractivity (Wildman–Crippen MR) is 101 cm³/mol. The highest BCUT2D eigenvalue weighted by atomic mass is 16.3. The Kier molecular flexibility index (Phi) is 5.64. The third-order valence-corrected chi connectivity index (χ3v) is 3.66. The highest BCUT2D eigenvalue weighted by Crippen LogP contribution is 2.21. The summed E-state index contributed by atoms with van der Waals surface area (Å²) in [5, 5.41) is 6.59. The van der Waals surface area contributed by atoms with E-state index in [4.69, 9.17) is 4.42 Å². The Labute approximate surface area is 147 Å². The number of furan rings is 1. The highest BCUT2D eigenvalue weighted by Gasteiger charge is 2.07. The molecule has 0 atom stereocenters. The average molecular weight is 337 g/mol. The molecule has 0 radical (unpaired) electrons. The number of hydrogen-bond acceptors (Lipinski definition) is 6. The van der Waals surface area contributed by atoms with Crippen molar-refractivity contribution in [1.29, 1.82) is 0 Å². The fourth-order valence-corrected chi connectivity index (χ4v) is 2.36. The number of aromatic nitrogens is 2. The minimum Gasteiger partial charge on any atom is -0.467 e. The van der Waals surface area contributed by atoms with Crippen LogP contribution in [0.15, 0.2) is 59.2 Å². The second-order valence-electron chi connectivity index (χ2n) is 5.99. The van der Waals surface area contributed by atoms with E-state index in [2.05, 4.69) is 25.5 Å². The van der Waals surface area contributed by atoms with Gasteiger partial charge in [-0.3, -0.25) is 0 Å². The molecule has 0 bridgehead atoms. The van der Waals surface area contributed by atoms with E-state index in [9.17, 15) is 0 Å². The molecule has 3 rings (SSSR count). The van der Waals surface area contributed by atoms with Crippen LogP contribution in [0.5, 0.6) is 0 Å². The quantitative estimate of drug-likeness (QED) is 0.657. The zero-order chi connectivity index (χ0) is 17.5. The number of hydrogen-bond donors (Lipinski definition) is 2. The van der Waals surface area contributed by atoms with Crippen LogP contribution in [0.4, 0.5) is 11.8 Å².